The Bertz CT molecular complexity index is 702. The Hall–Kier alpha value is -2.71. The van der Waals surface area contributed by atoms with Crippen molar-refractivity contribution in [2.75, 3.05) is 0 Å². The second-order valence-corrected chi connectivity index (χ2v) is 4.47. The van der Waals surface area contributed by atoms with Crippen molar-refractivity contribution < 1.29 is 32.5 Å². The normalized spacial score (nSPS) is 10.5. The van der Waals surface area contributed by atoms with Crippen LogP contribution >= 0.6 is 0 Å². The van der Waals surface area contributed by atoms with Gasteiger partial charge in [-0.2, -0.15) is 8.42 Å². The Morgan fingerprint density at radius 2 is 2.05 bits per heavy atom. The Kier molecular flexibility index (Phi) is 3.69. The third-order valence-corrected chi connectivity index (χ3v) is 2.75. The van der Waals surface area contributed by atoms with E-state index in [4.69, 9.17) is 14.9 Å². The second kappa shape index (κ2) is 4.88. The monoisotopic (exact) mass is 288 g/mol. The highest BCUT2D eigenvalue weighted by Crippen LogP contribution is 2.34. The van der Waals surface area contributed by atoms with Crippen LogP contribution in [0.4, 0.5) is 5.69 Å². The number of hydrogen-bond acceptors (Lipinski definition) is 7. The molecule has 0 amide bonds. The Morgan fingerprint density at radius 3 is 2.42 bits per heavy atom. The molecule has 0 aliphatic rings. The van der Waals surface area contributed by atoms with Crippen molar-refractivity contribution in [3.63, 3.8) is 0 Å². The lowest BCUT2D eigenvalue weighted by Gasteiger charge is -2.05. The van der Waals surface area contributed by atoms with Crippen LogP contribution in [0.2, 0.25) is 0 Å². The molecule has 0 aliphatic heterocycles. The highest BCUT2D eigenvalue weighted by atomic mass is 32.2. The molecule has 0 spiro atoms. The highest BCUT2D eigenvalue weighted by Gasteiger charge is 2.30. The predicted octanol–water partition coefficient (Wildman–Crippen LogP) is 0.400. The van der Waals surface area contributed by atoms with Gasteiger partial charge in [0.1, 0.15) is 5.56 Å². The first-order chi connectivity index (χ1) is 8.68. The van der Waals surface area contributed by atoms with Gasteiger partial charge in [-0.25, -0.2) is 4.79 Å². The summed E-state index contributed by atoms with van der Waals surface area (Å²) in [6.45, 7) is 0. The molecular formula is C8H4N2O8S. The number of benzene rings is 1. The number of carboxylic acid groups (broad SMARTS) is 1. The SMILES string of the molecule is N#COc1cc(S(=O)(=O)O)cc(C(=O)O)c1[N+](=O)[O-]. The summed E-state index contributed by atoms with van der Waals surface area (Å²) in [6, 6.07) is 0.864. The van der Waals surface area contributed by atoms with Crippen molar-refractivity contribution in [3.05, 3.63) is 27.8 Å². The van der Waals surface area contributed by atoms with Crippen LogP contribution in [0, 0.1) is 21.6 Å². The van der Waals surface area contributed by atoms with Crippen LogP contribution in [-0.2, 0) is 10.1 Å². The standard InChI is InChI=1S/C8H4N2O8S/c9-3-18-6-2-4(19(15,16)17)1-5(8(11)12)7(6)10(13)14/h1-2H,(H,11,12)(H,15,16,17). The number of hydrogen-bond donors (Lipinski definition) is 2. The largest absolute Gasteiger partial charge is 0.477 e. The third-order valence-electron chi connectivity index (χ3n) is 1.91. The molecule has 0 saturated heterocycles. The molecule has 0 heterocycles. The van der Waals surface area contributed by atoms with E-state index >= 15 is 0 Å². The van der Waals surface area contributed by atoms with Gasteiger partial charge < -0.3 is 9.84 Å². The summed E-state index contributed by atoms with van der Waals surface area (Å²) in [5, 5.41) is 27.8. The molecule has 0 radical (unpaired) electrons. The number of aromatic carboxylic acids is 1. The summed E-state index contributed by atoms with van der Waals surface area (Å²) in [5.41, 5.74) is -2.13. The van der Waals surface area contributed by atoms with E-state index in [2.05, 4.69) is 4.74 Å². The van der Waals surface area contributed by atoms with Gasteiger partial charge in [0.05, 0.1) is 9.82 Å². The van der Waals surface area contributed by atoms with E-state index in [1.807, 2.05) is 0 Å². The zero-order valence-electron chi connectivity index (χ0n) is 8.80. The van der Waals surface area contributed by atoms with E-state index in [1.165, 1.54) is 0 Å². The van der Waals surface area contributed by atoms with E-state index < -0.39 is 42.9 Å². The number of carboxylic acids is 1. The second-order valence-electron chi connectivity index (χ2n) is 3.05. The maximum absolute atomic E-state index is 10.9. The summed E-state index contributed by atoms with van der Waals surface area (Å²) >= 11 is 0. The summed E-state index contributed by atoms with van der Waals surface area (Å²) in [7, 11) is -4.82. The van der Waals surface area contributed by atoms with Crippen molar-refractivity contribution in [1.29, 1.82) is 5.26 Å². The first-order valence-corrected chi connectivity index (χ1v) is 5.71. The van der Waals surface area contributed by atoms with Gasteiger partial charge in [0.2, 0.25) is 5.75 Å². The number of carbonyl (C=O) groups is 1. The summed E-state index contributed by atoms with van der Waals surface area (Å²) in [6.07, 6.45) is 1.05. The van der Waals surface area contributed by atoms with Gasteiger partial charge in [-0.3, -0.25) is 14.7 Å². The van der Waals surface area contributed by atoms with Gasteiger partial charge >= 0.3 is 11.7 Å². The topological polar surface area (TPSA) is 168 Å². The summed E-state index contributed by atoms with van der Waals surface area (Å²) in [4.78, 5) is 19.5. The number of nitro groups is 1. The number of ether oxygens (including phenoxy) is 1. The molecule has 11 heteroatoms. The lowest BCUT2D eigenvalue weighted by atomic mass is 10.1. The van der Waals surface area contributed by atoms with Gasteiger partial charge in [0, 0.05) is 6.07 Å². The van der Waals surface area contributed by atoms with Gasteiger partial charge in [-0.05, 0) is 6.07 Å². The average Bonchev–Trinajstić information content (AvgIpc) is 2.26. The minimum Gasteiger partial charge on any atom is -0.477 e. The summed E-state index contributed by atoms with van der Waals surface area (Å²) in [5.74, 6) is -2.72. The zero-order valence-corrected chi connectivity index (χ0v) is 9.62. The van der Waals surface area contributed by atoms with Crippen LogP contribution in [-0.4, -0.2) is 29.0 Å². The third kappa shape index (κ3) is 2.94. The van der Waals surface area contributed by atoms with E-state index in [-0.39, 0.29) is 0 Å². The molecule has 0 bridgehead atoms. The number of nitro benzene ring substituents is 1. The Labute approximate surface area is 105 Å². The number of nitriles is 1. The molecule has 19 heavy (non-hydrogen) atoms. The minimum absolute atomic E-state index is 0.389. The molecule has 1 rings (SSSR count). The van der Waals surface area contributed by atoms with Crippen LogP contribution in [0.1, 0.15) is 10.4 Å². The van der Waals surface area contributed by atoms with Gasteiger partial charge in [0.15, 0.2) is 0 Å². The fourth-order valence-corrected chi connectivity index (χ4v) is 1.73. The summed E-state index contributed by atoms with van der Waals surface area (Å²) < 4.78 is 34.7. The zero-order chi connectivity index (χ0) is 14.8. The predicted molar refractivity (Wildman–Crippen MR) is 56.1 cm³/mol. The van der Waals surface area contributed by atoms with Gasteiger partial charge in [-0.15, -0.1) is 5.26 Å². The maximum Gasteiger partial charge on any atom is 0.342 e. The molecule has 0 aromatic heterocycles. The lowest BCUT2D eigenvalue weighted by Crippen LogP contribution is -2.08. The van der Waals surface area contributed by atoms with E-state index in [0.29, 0.717) is 12.1 Å². The molecule has 1 aromatic rings. The molecule has 0 fully saturated rings. The van der Waals surface area contributed by atoms with Crippen LogP contribution in [0.3, 0.4) is 0 Å². The lowest BCUT2D eigenvalue weighted by molar-refractivity contribution is -0.386. The van der Waals surface area contributed by atoms with Gasteiger partial charge in [-0.1, -0.05) is 0 Å². The van der Waals surface area contributed by atoms with Gasteiger partial charge in [0.25, 0.3) is 16.4 Å². The van der Waals surface area contributed by atoms with Crippen molar-refractivity contribution in [3.8, 4) is 12.0 Å². The highest BCUT2D eigenvalue weighted by molar-refractivity contribution is 7.85. The Balaban J connectivity index is 3.78. The fraction of sp³-hybridized carbons (Fsp3) is 0. The van der Waals surface area contributed by atoms with Crippen molar-refractivity contribution in [1.82, 2.24) is 0 Å². The molecule has 0 atom stereocenters. The Morgan fingerprint density at radius 1 is 1.47 bits per heavy atom. The van der Waals surface area contributed by atoms with Crippen LogP contribution in [0.15, 0.2) is 17.0 Å². The molecule has 10 nitrogen and oxygen atoms in total. The number of rotatable bonds is 4. The van der Waals surface area contributed by atoms with Crippen LogP contribution < -0.4 is 4.74 Å². The molecule has 1 aromatic carbocycles. The quantitative estimate of drug-likeness (QED) is 0.344. The van der Waals surface area contributed by atoms with Crippen LogP contribution in [0.25, 0.3) is 0 Å². The average molecular weight is 288 g/mol. The molecular weight excluding hydrogens is 284 g/mol. The van der Waals surface area contributed by atoms with E-state index in [1.54, 1.807) is 0 Å². The molecule has 100 valence electrons. The molecule has 0 unspecified atom stereocenters. The fourth-order valence-electron chi connectivity index (χ4n) is 1.21. The molecule has 0 aliphatic carbocycles. The van der Waals surface area contributed by atoms with Crippen LogP contribution in [0.5, 0.6) is 5.75 Å². The van der Waals surface area contributed by atoms with Crippen molar-refractivity contribution in [2.24, 2.45) is 0 Å². The number of nitrogens with zero attached hydrogens (tertiary/aromatic N) is 2. The minimum atomic E-state index is -4.82. The smallest absolute Gasteiger partial charge is 0.342 e. The van der Waals surface area contributed by atoms with E-state index in [9.17, 15) is 23.3 Å². The first kappa shape index (κ1) is 14.4. The molecule has 0 saturated carbocycles. The maximum atomic E-state index is 10.9. The first-order valence-electron chi connectivity index (χ1n) is 4.27. The van der Waals surface area contributed by atoms with E-state index in [0.717, 1.165) is 6.26 Å². The molecule has 2 N–H and O–H groups in total. The van der Waals surface area contributed by atoms with Crippen molar-refractivity contribution >= 4 is 21.8 Å². The van der Waals surface area contributed by atoms with Crippen molar-refractivity contribution in [2.45, 2.75) is 4.90 Å².